The van der Waals surface area contributed by atoms with Gasteiger partial charge in [-0.3, -0.25) is 0 Å². The van der Waals surface area contributed by atoms with Crippen LogP contribution in [0.25, 0.3) is 0 Å². The molecule has 0 radical (unpaired) electrons. The molecule has 2 amide bonds. The molecule has 0 aromatic heterocycles. The van der Waals surface area contributed by atoms with E-state index in [0.29, 0.717) is 11.5 Å². The fourth-order valence-electron chi connectivity index (χ4n) is 2.16. The first-order valence-corrected chi connectivity index (χ1v) is 7.11. The Morgan fingerprint density at radius 1 is 1.08 bits per heavy atom. The van der Waals surface area contributed by atoms with Crippen LogP contribution in [0.4, 0.5) is 23.7 Å². The monoisotopic (exact) mass is 338 g/mol. The van der Waals surface area contributed by atoms with Crippen LogP contribution < -0.4 is 20.1 Å². The molecule has 1 atom stereocenters. The van der Waals surface area contributed by atoms with Gasteiger partial charge < -0.3 is 20.1 Å². The molecular formula is C16H13F3N2O3. The fourth-order valence-corrected chi connectivity index (χ4v) is 2.16. The number of fused-ring (bicyclic) bond motifs is 1. The average Bonchev–Trinajstić information content (AvgIpc) is 2.60. The number of nitrogens with one attached hydrogen (secondary N) is 2. The molecule has 2 N–H and O–H groups in total. The SMILES string of the molecule is O=C(NCC1COc2ccccc2O1)Nc1ccc(F)c(F)c1F. The van der Waals surface area contributed by atoms with Crippen molar-refractivity contribution in [3.8, 4) is 11.5 Å². The molecule has 1 aliphatic rings. The number of urea groups is 1. The molecule has 3 rings (SSSR count). The van der Waals surface area contributed by atoms with E-state index >= 15 is 0 Å². The van der Waals surface area contributed by atoms with Gasteiger partial charge in [0, 0.05) is 0 Å². The molecule has 8 heteroatoms. The fraction of sp³-hybridized carbons (Fsp3) is 0.188. The lowest BCUT2D eigenvalue weighted by molar-refractivity contribution is 0.0922. The molecule has 1 heterocycles. The second kappa shape index (κ2) is 6.69. The lowest BCUT2D eigenvalue weighted by Crippen LogP contribution is -2.42. The maximum absolute atomic E-state index is 13.5. The average molecular weight is 338 g/mol. The van der Waals surface area contributed by atoms with E-state index in [1.54, 1.807) is 18.2 Å². The van der Waals surface area contributed by atoms with Gasteiger partial charge in [-0.05, 0) is 24.3 Å². The summed E-state index contributed by atoms with van der Waals surface area (Å²) < 4.78 is 50.5. The van der Waals surface area contributed by atoms with E-state index in [1.807, 2.05) is 6.07 Å². The molecule has 0 saturated heterocycles. The second-order valence-electron chi connectivity index (χ2n) is 5.06. The Bertz CT molecular complexity index is 770. The van der Waals surface area contributed by atoms with Crippen LogP contribution >= 0.6 is 0 Å². The lowest BCUT2D eigenvalue weighted by atomic mass is 10.2. The Balaban J connectivity index is 1.54. The Kier molecular flexibility index (Phi) is 4.45. The number of anilines is 1. The molecule has 2 aromatic carbocycles. The third kappa shape index (κ3) is 3.37. The summed E-state index contributed by atoms with van der Waals surface area (Å²) in [4.78, 5) is 11.7. The number of ether oxygens (including phenoxy) is 2. The highest BCUT2D eigenvalue weighted by atomic mass is 19.2. The van der Waals surface area contributed by atoms with E-state index < -0.39 is 35.3 Å². The highest BCUT2D eigenvalue weighted by Gasteiger charge is 2.21. The van der Waals surface area contributed by atoms with E-state index in [4.69, 9.17) is 9.47 Å². The van der Waals surface area contributed by atoms with Crippen LogP contribution in [0.15, 0.2) is 36.4 Å². The van der Waals surface area contributed by atoms with Crippen molar-refractivity contribution in [3.05, 3.63) is 53.8 Å². The number of rotatable bonds is 3. The van der Waals surface area contributed by atoms with E-state index in [0.717, 1.165) is 12.1 Å². The quantitative estimate of drug-likeness (QED) is 0.846. The highest BCUT2D eigenvalue weighted by Crippen LogP contribution is 2.30. The van der Waals surface area contributed by atoms with Gasteiger partial charge in [0.05, 0.1) is 12.2 Å². The zero-order chi connectivity index (χ0) is 17.1. The van der Waals surface area contributed by atoms with Crippen molar-refractivity contribution < 1.29 is 27.4 Å². The predicted octanol–water partition coefficient (Wildman–Crippen LogP) is 3.07. The molecule has 0 bridgehead atoms. The smallest absolute Gasteiger partial charge is 0.319 e. The van der Waals surface area contributed by atoms with Gasteiger partial charge in [-0.25, -0.2) is 18.0 Å². The number of hydrogen-bond donors (Lipinski definition) is 2. The molecule has 5 nitrogen and oxygen atoms in total. The van der Waals surface area contributed by atoms with E-state index in [9.17, 15) is 18.0 Å². The summed E-state index contributed by atoms with van der Waals surface area (Å²) >= 11 is 0. The van der Waals surface area contributed by atoms with E-state index in [1.165, 1.54) is 0 Å². The van der Waals surface area contributed by atoms with Gasteiger partial charge in [0.1, 0.15) is 6.61 Å². The van der Waals surface area contributed by atoms with Crippen molar-refractivity contribution in [1.82, 2.24) is 5.32 Å². The number of amides is 2. The minimum atomic E-state index is -1.64. The number of halogens is 3. The summed E-state index contributed by atoms with van der Waals surface area (Å²) in [6.45, 7) is 0.322. The Labute approximate surface area is 135 Å². The van der Waals surface area contributed by atoms with E-state index in [2.05, 4.69) is 10.6 Å². The van der Waals surface area contributed by atoms with Crippen LogP contribution in [-0.2, 0) is 0 Å². The molecule has 1 aliphatic heterocycles. The highest BCUT2D eigenvalue weighted by molar-refractivity contribution is 5.89. The van der Waals surface area contributed by atoms with Gasteiger partial charge >= 0.3 is 6.03 Å². The van der Waals surface area contributed by atoms with E-state index in [-0.39, 0.29) is 13.2 Å². The number of benzene rings is 2. The molecular weight excluding hydrogens is 325 g/mol. The third-order valence-electron chi connectivity index (χ3n) is 3.34. The van der Waals surface area contributed by atoms with Crippen molar-refractivity contribution in [1.29, 1.82) is 0 Å². The lowest BCUT2D eigenvalue weighted by Gasteiger charge is -2.26. The van der Waals surface area contributed by atoms with Crippen LogP contribution in [0.2, 0.25) is 0 Å². The Morgan fingerprint density at radius 3 is 2.62 bits per heavy atom. The van der Waals surface area contributed by atoms with Gasteiger partial charge in [0.2, 0.25) is 0 Å². The molecule has 126 valence electrons. The summed E-state index contributed by atoms with van der Waals surface area (Å²) in [6, 6.07) is 7.98. The van der Waals surface area contributed by atoms with Gasteiger partial charge in [-0.1, -0.05) is 12.1 Å². The normalized spacial score (nSPS) is 15.7. The van der Waals surface area contributed by atoms with Crippen LogP contribution in [-0.4, -0.2) is 25.3 Å². The summed E-state index contributed by atoms with van der Waals surface area (Å²) in [5.74, 6) is -3.26. The Hall–Kier alpha value is -2.90. The number of carbonyl (C=O) groups excluding carboxylic acids is 1. The summed E-state index contributed by atoms with van der Waals surface area (Å²) in [5.41, 5.74) is -0.461. The number of hydrogen-bond acceptors (Lipinski definition) is 3. The topological polar surface area (TPSA) is 59.6 Å². The van der Waals surface area contributed by atoms with Gasteiger partial charge in [-0.2, -0.15) is 0 Å². The van der Waals surface area contributed by atoms with Crippen LogP contribution in [0.1, 0.15) is 0 Å². The van der Waals surface area contributed by atoms with Crippen molar-refractivity contribution in [2.75, 3.05) is 18.5 Å². The molecule has 2 aromatic rings. The van der Waals surface area contributed by atoms with Crippen molar-refractivity contribution in [2.45, 2.75) is 6.10 Å². The van der Waals surface area contributed by atoms with Gasteiger partial charge in [-0.15, -0.1) is 0 Å². The van der Waals surface area contributed by atoms with Crippen LogP contribution in [0, 0.1) is 17.5 Å². The first-order chi connectivity index (χ1) is 11.5. The molecule has 24 heavy (non-hydrogen) atoms. The first kappa shape index (κ1) is 16.0. The van der Waals surface area contributed by atoms with Gasteiger partial charge in [0.25, 0.3) is 0 Å². The summed E-state index contributed by atoms with van der Waals surface area (Å²) in [5, 5.41) is 4.56. The minimum absolute atomic E-state index is 0.0888. The molecule has 0 fully saturated rings. The second-order valence-corrected chi connectivity index (χ2v) is 5.06. The molecule has 0 saturated carbocycles. The molecule has 1 unspecified atom stereocenters. The van der Waals surface area contributed by atoms with Gasteiger partial charge in [0.15, 0.2) is 35.1 Å². The third-order valence-corrected chi connectivity index (χ3v) is 3.34. The minimum Gasteiger partial charge on any atom is -0.486 e. The van der Waals surface area contributed by atoms with Crippen LogP contribution in [0.5, 0.6) is 11.5 Å². The molecule has 0 aliphatic carbocycles. The zero-order valence-corrected chi connectivity index (χ0v) is 12.3. The maximum Gasteiger partial charge on any atom is 0.319 e. The standard InChI is InChI=1S/C16H13F3N2O3/c17-10-5-6-11(15(19)14(10)18)21-16(22)20-7-9-8-23-12-3-1-2-4-13(12)24-9/h1-6,9H,7-8H2,(H2,20,21,22). The van der Waals surface area contributed by atoms with Crippen molar-refractivity contribution in [3.63, 3.8) is 0 Å². The Morgan fingerprint density at radius 2 is 1.83 bits per heavy atom. The zero-order valence-electron chi connectivity index (χ0n) is 12.3. The molecule has 0 spiro atoms. The number of para-hydroxylation sites is 2. The van der Waals surface area contributed by atoms with Crippen molar-refractivity contribution in [2.24, 2.45) is 0 Å². The summed E-state index contributed by atoms with van der Waals surface area (Å²) in [7, 11) is 0. The predicted molar refractivity (Wildman–Crippen MR) is 79.7 cm³/mol. The van der Waals surface area contributed by atoms with Crippen molar-refractivity contribution >= 4 is 11.7 Å². The van der Waals surface area contributed by atoms with Crippen LogP contribution in [0.3, 0.4) is 0 Å². The summed E-state index contributed by atoms with van der Waals surface area (Å²) in [6.07, 6.45) is -0.430. The number of carbonyl (C=O) groups is 1. The maximum atomic E-state index is 13.5. The largest absolute Gasteiger partial charge is 0.486 e. The first-order valence-electron chi connectivity index (χ1n) is 7.11.